The van der Waals surface area contributed by atoms with E-state index < -0.39 is 5.79 Å². The van der Waals surface area contributed by atoms with Crippen LogP contribution in [0.3, 0.4) is 0 Å². The summed E-state index contributed by atoms with van der Waals surface area (Å²) in [7, 11) is 0. The first-order chi connectivity index (χ1) is 11.8. The number of rotatable bonds is 3. The van der Waals surface area contributed by atoms with E-state index >= 15 is 0 Å². The van der Waals surface area contributed by atoms with Crippen molar-refractivity contribution in [3.63, 3.8) is 0 Å². The van der Waals surface area contributed by atoms with Crippen LogP contribution in [0.2, 0.25) is 0 Å². The molecule has 0 saturated carbocycles. The molecule has 1 fully saturated rings. The summed E-state index contributed by atoms with van der Waals surface area (Å²) in [6, 6.07) is 16.8. The van der Waals surface area contributed by atoms with E-state index in [1.807, 2.05) is 0 Å². The molecular formula is C20H20BrNO2. The molecule has 2 aliphatic rings. The Bertz CT molecular complexity index is 728. The Labute approximate surface area is 150 Å². The van der Waals surface area contributed by atoms with Crippen molar-refractivity contribution in [1.82, 2.24) is 5.32 Å². The molecule has 0 atom stereocenters. The molecule has 0 spiro atoms. The zero-order chi connectivity index (χ0) is 16.4. The molecule has 4 rings (SSSR count). The van der Waals surface area contributed by atoms with Crippen molar-refractivity contribution in [3.8, 4) is 11.1 Å². The van der Waals surface area contributed by atoms with Crippen molar-refractivity contribution in [2.24, 2.45) is 5.92 Å². The molecule has 1 N–H and O–H groups in total. The van der Waals surface area contributed by atoms with Gasteiger partial charge in [0.2, 0.25) is 0 Å². The number of nitrogens with one attached hydrogen (secondary N) is 1. The van der Waals surface area contributed by atoms with E-state index in [0.29, 0.717) is 5.92 Å². The highest BCUT2D eigenvalue weighted by Crippen LogP contribution is 2.46. The molecule has 24 heavy (non-hydrogen) atoms. The molecule has 2 aromatic carbocycles. The lowest BCUT2D eigenvalue weighted by atomic mass is 9.81. The second-order valence-corrected chi connectivity index (χ2v) is 7.17. The summed E-state index contributed by atoms with van der Waals surface area (Å²) in [5.74, 6) is -0.392. The molecule has 2 aliphatic heterocycles. The van der Waals surface area contributed by atoms with Crippen LogP contribution in [0.15, 0.2) is 65.5 Å². The van der Waals surface area contributed by atoms with Crippen molar-refractivity contribution >= 4 is 15.9 Å². The van der Waals surface area contributed by atoms with Gasteiger partial charge in [-0.15, -0.1) is 0 Å². The minimum absolute atomic E-state index is 0.324. The van der Waals surface area contributed by atoms with Crippen LogP contribution in [0.4, 0.5) is 0 Å². The molecule has 2 aromatic rings. The summed E-state index contributed by atoms with van der Waals surface area (Å²) in [5, 5.41) is 3.42. The van der Waals surface area contributed by atoms with Gasteiger partial charge in [-0.05, 0) is 49.2 Å². The van der Waals surface area contributed by atoms with Gasteiger partial charge >= 0.3 is 0 Å². The molecular weight excluding hydrogens is 366 g/mol. The van der Waals surface area contributed by atoms with Gasteiger partial charge in [0, 0.05) is 16.0 Å². The van der Waals surface area contributed by atoms with Gasteiger partial charge in [0.15, 0.2) is 0 Å². The number of benzene rings is 2. The predicted molar refractivity (Wildman–Crippen MR) is 98.2 cm³/mol. The fraction of sp³-hybridized carbons (Fsp3) is 0.300. The number of hydrogen-bond acceptors (Lipinski definition) is 3. The largest absolute Gasteiger partial charge is 0.452 e. The van der Waals surface area contributed by atoms with Crippen LogP contribution in [0.5, 0.6) is 0 Å². The van der Waals surface area contributed by atoms with E-state index in [0.717, 1.165) is 41.5 Å². The van der Waals surface area contributed by atoms with Crippen LogP contribution in [0.1, 0.15) is 18.4 Å². The van der Waals surface area contributed by atoms with Crippen LogP contribution in [0, 0.1) is 5.92 Å². The molecule has 3 nitrogen and oxygen atoms in total. The molecule has 0 bridgehead atoms. The molecule has 124 valence electrons. The zero-order valence-corrected chi connectivity index (χ0v) is 15.0. The van der Waals surface area contributed by atoms with Crippen molar-refractivity contribution in [1.29, 1.82) is 0 Å². The smallest absolute Gasteiger partial charge is 0.280 e. The van der Waals surface area contributed by atoms with Gasteiger partial charge in [0.05, 0.1) is 0 Å². The maximum atomic E-state index is 6.11. The van der Waals surface area contributed by atoms with E-state index in [1.165, 1.54) is 5.56 Å². The molecule has 0 radical (unpaired) electrons. The quantitative estimate of drug-likeness (QED) is 0.823. The zero-order valence-electron chi connectivity index (χ0n) is 13.4. The van der Waals surface area contributed by atoms with E-state index in [1.54, 1.807) is 12.5 Å². The number of piperidine rings is 1. The minimum Gasteiger partial charge on any atom is -0.452 e. The van der Waals surface area contributed by atoms with Crippen LogP contribution >= 0.6 is 15.9 Å². The maximum Gasteiger partial charge on any atom is 0.280 e. The molecule has 0 unspecified atom stereocenters. The SMILES string of the molecule is Brc1ccc(-c2ccccc2C2(C3CCNCC3)OC=CO2)cc1. The Morgan fingerprint density at radius 3 is 2.29 bits per heavy atom. The normalized spacial score (nSPS) is 19.7. The van der Waals surface area contributed by atoms with Crippen molar-refractivity contribution in [2.75, 3.05) is 13.1 Å². The summed E-state index contributed by atoms with van der Waals surface area (Å²) in [4.78, 5) is 0. The van der Waals surface area contributed by atoms with Crippen LogP contribution in [-0.2, 0) is 15.3 Å². The lowest BCUT2D eigenvalue weighted by molar-refractivity contribution is -0.196. The van der Waals surface area contributed by atoms with E-state index in [9.17, 15) is 0 Å². The van der Waals surface area contributed by atoms with Crippen LogP contribution in [0.25, 0.3) is 11.1 Å². The first kappa shape index (κ1) is 15.7. The Balaban J connectivity index is 1.80. The van der Waals surface area contributed by atoms with Crippen LogP contribution in [-0.4, -0.2) is 13.1 Å². The molecule has 0 aliphatic carbocycles. The van der Waals surface area contributed by atoms with Crippen molar-refractivity contribution < 1.29 is 9.47 Å². The van der Waals surface area contributed by atoms with Crippen molar-refractivity contribution in [3.05, 3.63) is 71.1 Å². The van der Waals surface area contributed by atoms with E-state index in [2.05, 4.69) is 69.8 Å². The lowest BCUT2D eigenvalue weighted by Crippen LogP contribution is -2.43. The molecule has 0 amide bonds. The summed E-state index contributed by atoms with van der Waals surface area (Å²) < 4.78 is 13.3. The standard InChI is InChI=1S/C20H20BrNO2/c21-17-7-5-15(6-8-17)18-3-1-2-4-19(18)20(23-13-14-24-20)16-9-11-22-12-10-16/h1-8,13-14,16,22H,9-12H2. The molecule has 4 heteroatoms. The third kappa shape index (κ3) is 2.74. The van der Waals surface area contributed by atoms with Crippen molar-refractivity contribution in [2.45, 2.75) is 18.6 Å². The highest BCUT2D eigenvalue weighted by molar-refractivity contribution is 9.10. The Morgan fingerprint density at radius 1 is 0.917 bits per heavy atom. The molecule has 2 heterocycles. The average molecular weight is 386 g/mol. The number of ether oxygens (including phenoxy) is 2. The molecule has 0 aromatic heterocycles. The number of halogens is 1. The van der Waals surface area contributed by atoms with Gasteiger partial charge in [-0.3, -0.25) is 0 Å². The predicted octanol–water partition coefficient (Wildman–Crippen LogP) is 4.79. The average Bonchev–Trinajstić information content (AvgIpc) is 3.14. The number of hydrogen-bond donors (Lipinski definition) is 1. The third-order valence-corrected chi connectivity index (χ3v) is 5.40. The second kappa shape index (κ2) is 6.61. The minimum atomic E-state index is -0.717. The maximum absolute atomic E-state index is 6.11. The van der Waals surface area contributed by atoms with E-state index in [-0.39, 0.29) is 0 Å². The Kier molecular flexibility index (Phi) is 4.33. The third-order valence-electron chi connectivity index (χ3n) is 4.88. The fourth-order valence-corrected chi connectivity index (χ4v) is 3.96. The van der Waals surface area contributed by atoms with Gasteiger partial charge in [-0.25, -0.2) is 0 Å². The van der Waals surface area contributed by atoms with Gasteiger partial charge in [-0.2, -0.15) is 0 Å². The first-order valence-corrected chi connectivity index (χ1v) is 9.16. The van der Waals surface area contributed by atoms with Crippen LogP contribution < -0.4 is 5.32 Å². The second-order valence-electron chi connectivity index (χ2n) is 6.25. The van der Waals surface area contributed by atoms with Gasteiger partial charge in [0.25, 0.3) is 5.79 Å². The van der Waals surface area contributed by atoms with Gasteiger partial charge < -0.3 is 14.8 Å². The highest BCUT2D eigenvalue weighted by Gasteiger charge is 2.47. The summed E-state index contributed by atoms with van der Waals surface area (Å²) >= 11 is 3.51. The Morgan fingerprint density at radius 2 is 1.58 bits per heavy atom. The van der Waals surface area contributed by atoms with E-state index in [4.69, 9.17) is 9.47 Å². The first-order valence-electron chi connectivity index (χ1n) is 8.36. The summed E-state index contributed by atoms with van der Waals surface area (Å²) in [6.07, 6.45) is 5.44. The monoisotopic (exact) mass is 385 g/mol. The van der Waals surface area contributed by atoms with Gasteiger partial charge in [0.1, 0.15) is 12.5 Å². The summed E-state index contributed by atoms with van der Waals surface area (Å²) in [5.41, 5.74) is 3.43. The molecule has 1 saturated heterocycles. The lowest BCUT2D eigenvalue weighted by Gasteiger charge is -2.39. The fourth-order valence-electron chi connectivity index (χ4n) is 3.69. The topological polar surface area (TPSA) is 30.5 Å². The van der Waals surface area contributed by atoms with Gasteiger partial charge in [-0.1, -0.05) is 52.3 Å². The summed E-state index contributed by atoms with van der Waals surface area (Å²) in [6.45, 7) is 2.00. The Hall–Kier alpha value is -1.78. The highest BCUT2D eigenvalue weighted by atomic mass is 79.9.